The molecule has 0 aromatic carbocycles. The molecule has 1 saturated carbocycles. The Morgan fingerprint density at radius 3 is 2.12 bits per heavy atom. The number of allylic oxidation sites excluding steroid dienone is 1. The lowest BCUT2D eigenvalue weighted by Gasteiger charge is -2.32. The smallest absolute Gasteiger partial charge is 0.302 e. The van der Waals surface area contributed by atoms with Crippen molar-refractivity contribution in [1.29, 1.82) is 0 Å². The molecule has 17 heavy (non-hydrogen) atoms. The molecule has 8 heteroatoms. The molecular weight excluding hydrogens is 353 g/mol. The van der Waals surface area contributed by atoms with E-state index in [1.165, 1.54) is 6.92 Å². The van der Waals surface area contributed by atoms with Crippen LogP contribution in [-0.4, -0.2) is 26.2 Å². The van der Waals surface area contributed by atoms with E-state index in [9.17, 15) is 4.79 Å². The number of hydrogen-bond acceptors (Lipinski definition) is 2. The largest absolute Gasteiger partial charge is 0.460 e. The zero-order valence-electron chi connectivity index (χ0n) is 8.37. The molecule has 1 fully saturated rings. The van der Waals surface area contributed by atoms with E-state index >= 15 is 0 Å². The van der Waals surface area contributed by atoms with Gasteiger partial charge in [-0.1, -0.05) is 46.4 Å². The van der Waals surface area contributed by atoms with E-state index in [4.69, 9.17) is 74.3 Å². The molecule has 2 aliphatic carbocycles. The fourth-order valence-corrected chi connectivity index (χ4v) is 4.85. The molecule has 0 heterocycles. The zero-order valence-corrected chi connectivity index (χ0v) is 12.9. The van der Waals surface area contributed by atoms with Gasteiger partial charge in [0.2, 0.25) is 0 Å². The van der Waals surface area contributed by atoms with Crippen LogP contribution in [0.15, 0.2) is 10.1 Å². The zero-order chi connectivity index (χ0) is 13.2. The molecule has 0 spiro atoms. The second kappa shape index (κ2) is 3.97. The SMILES string of the molecule is CC(=O)O[C@@H]1C[C@]2(Cl)C(Cl)=C(Cl)[C@]1(Cl)C2(Cl)Cl. The molecule has 0 amide bonds. The molecule has 0 aliphatic heterocycles. The summed E-state index contributed by atoms with van der Waals surface area (Å²) in [4.78, 5) is 8.17. The highest BCUT2D eigenvalue weighted by Gasteiger charge is 2.79. The van der Waals surface area contributed by atoms with Gasteiger partial charge < -0.3 is 4.74 Å². The van der Waals surface area contributed by atoms with E-state index in [1.54, 1.807) is 0 Å². The van der Waals surface area contributed by atoms with Crippen molar-refractivity contribution in [2.75, 3.05) is 0 Å². The molecule has 2 rings (SSSR count). The van der Waals surface area contributed by atoms with Crippen LogP contribution in [0.4, 0.5) is 0 Å². The van der Waals surface area contributed by atoms with Crippen LogP contribution in [0.2, 0.25) is 0 Å². The van der Waals surface area contributed by atoms with Gasteiger partial charge in [-0.25, -0.2) is 0 Å². The molecule has 2 aliphatic rings. The number of esters is 1. The van der Waals surface area contributed by atoms with Crippen molar-refractivity contribution >= 4 is 75.6 Å². The van der Waals surface area contributed by atoms with Crippen molar-refractivity contribution in [3.05, 3.63) is 10.1 Å². The summed E-state index contributed by atoms with van der Waals surface area (Å²) >= 11 is 37.0. The first kappa shape index (κ1) is 14.4. The first-order valence-electron chi connectivity index (χ1n) is 4.58. The Balaban J connectivity index is 2.54. The Hall–Kier alpha value is 0.950. The summed E-state index contributed by atoms with van der Waals surface area (Å²) in [5.74, 6) is -0.521. The number of alkyl halides is 4. The number of hydrogen-bond donors (Lipinski definition) is 0. The summed E-state index contributed by atoms with van der Waals surface area (Å²) in [6.07, 6.45) is -0.705. The lowest BCUT2D eigenvalue weighted by molar-refractivity contribution is -0.146. The van der Waals surface area contributed by atoms with Crippen molar-refractivity contribution in [2.24, 2.45) is 0 Å². The minimum Gasteiger partial charge on any atom is -0.460 e. The van der Waals surface area contributed by atoms with Crippen LogP contribution in [0.5, 0.6) is 0 Å². The average molecular weight is 359 g/mol. The maximum Gasteiger partial charge on any atom is 0.302 e. The third-order valence-corrected chi connectivity index (χ3v) is 7.29. The monoisotopic (exact) mass is 356 g/mol. The molecule has 96 valence electrons. The Bertz CT molecular complexity index is 433. The maximum atomic E-state index is 11.0. The molecule has 0 radical (unpaired) electrons. The molecule has 0 aromatic heterocycles. The Morgan fingerprint density at radius 2 is 1.76 bits per heavy atom. The van der Waals surface area contributed by atoms with Crippen molar-refractivity contribution in [3.63, 3.8) is 0 Å². The van der Waals surface area contributed by atoms with Gasteiger partial charge in [0, 0.05) is 13.3 Å². The summed E-state index contributed by atoms with van der Waals surface area (Å²) in [7, 11) is 0. The second-order valence-electron chi connectivity index (χ2n) is 4.02. The van der Waals surface area contributed by atoms with Crippen molar-refractivity contribution in [2.45, 2.75) is 33.5 Å². The summed E-state index contributed by atoms with van der Waals surface area (Å²) in [6.45, 7) is 1.25. The van der Waals surface area contributed by atoms with Crippen molar-refractivity contribution in [1.82, 2.24) is 0 Å². The van der Waals surface area contributed by atoms with Gasteiger partial charge in [0.05, 0.1) is 10.1 Å². The van der Waals surface area contributed by atoms with Crippen molar-refractivity contribution in [3.8, 4) is 0 Å². The van der Waals surface area contributed by atoms with Gasteiger partial charge in [-0.15, -0.1) is 23.2 Å². The van der Waals surface area contributed by atoms with Gasteiger partial charge in [-0.2, -0.15) is 0 Å². The molecular formula is C9H6Cl6O2. The number of ether oxygens (including phenoxy) is 1. The molecule has 0 aromatic rings. The Labute approximate surface area is 128 Å². The number of fused-ring (bicyclic) bond motifs is 2. The van der Waals surface area contributed by atoms with Crippen LogP contribution in [0, 0.1) is 0 Å². The molecule has 0 unspecified atom stereocenters. The first-order chi connectivity index (χ1) is 7.59. The minimum atomic E-state index is -1.64. The van der Waals surface area contributed by atoms with Gasteiger partial charge in [0.25, 0.3) is 0 Å². The highest BCUT2D eigenvalue weighted by Crippen LogP contribution is 2.72. The molecule has 3 atom stereocenters. The van der Waals surface area contributed by atoms with E-state index < -0.39 is 26.2 Å². The molecule has 2 bridgehead atoms. The summed E-state index contributed by atoms with van der Waals surface area (Å²) in [5, 5.41) is 0.127. The van der Waals surface area contributed by atoms with E-state index in [2.05, 4.69) is 0 Å². The summed E-state index contributed by atoms with van der Waals surface area (Å²) in [6, 6.07) is 0. The quantitative estimate of drug-likeness (QED) is 0.520. The van der Waals surface area contributed by atoms with Gasteiger partial charge in [0.15, 0.2) is 9.21 Å². The molecule has 2 nitrogen and oxygen atoms in total. The topological polar surface area (TPSA) is 26.3 Å². The highest BCUT2D eigenvalue weighted by molar-refractivity contribution is 6.65. The van der Waals surface area contributed by atoms with E-state index in [0.717, 1.165) is 0 Å². The van der Waals surface area contributed by atoms with Gasteiger partial charge >= 0.3 is 5.97 Å². The van der Waals surface area contributed by atoms with Crippen molar-refractivity contribution < 1.29 is 9.53 Å². The lowest BCUT2D eigenvalue weighted by atomic mass is 10.0. The van der Waals surface area contributed by atoms with Gasteiger partial charge in [0.1, 0.15) is 11.0 Å². The normalized spacial score (nSPS) is 43.1. The summed E-state index contributed by atoms with van der Waals surface area (Å²) < 4.78 is 3.42. The number of carbonyl (C=O) groups excluding carboxylic acids is 1. The van der Waals surface area contributed by atoms with Crippen LogP contribution in [-0.2, 0) is 9.53 Å². The summed E-state index contributed by atoms with van der Waals surface area (Å²) in [5.41, 5.74) is 0. The van der Waals surface area contributed by atoms with Gasteiger partial charge in [-0.3, -0.25) is 4.79 Å². The minimum absolute atomic E-state index is 0.0262. The van der Waals surface area contributed by atoms with Gasteiger partial charge in [-0.05, 0) is 0 Å². The third kappa shape index (κ3) is 1.52. The van der Waals surface area contributed by atoms with E-state index in [1.807, 2.05) is 0 Å². The molecule has 0 saturated heterocycles. The predicted octanol–water partition coefficient (Wildman–Crippen LogP) is 4.15. The van der Waals surface area contributed by atoms with Crippen LogP contribution in [0.25, 0.3) is 0 Å². The van der Waals surface area contributed by atoms with Crippen LogP contribution >= 0.6 is 69.6 Å². The van der Waals surface area contributed by atoms with Crippen LogP contribution < -0.4 is 0 Å². The fraction of sp³-hybridized carbons (Fsp3) is 0.667. The molecule has 0 N–H and O–H groups in total. The number of halogens is 6. The fourth-order valence-electron chi connectivity index (χ4n) is 2.18. The van der Waals surface area contributed by atoms with Crippen LogP contribution in [0.3, 0.4) is 0 Å². The number of rotatable bonds is 1. The second-order valence-corrected chi connectivity index (χ2v) is 7.34. The Morgan fingerprint density at radius 1 is 1.24 bits per heavy atom. The van der Waals surface area contributed by atoms with E-state index in [-0.39, 0.29) is 16.5 Å². The van der Waals surface area contributed by atoms with Crippen LogP contribution in [0.1, 0.15) is 13.3 Å². The first-order valence-corrected chi connectivity index (χ1v) is 6.85. The number of carbonyl (C=O) groups is 1. The predicted molar refractivity (Wildman–Crippen MR) is 70.5 cm³/mol. The third-order valence-electron chi connectivity index (χ3n) is 3.03. The maximum absolute atomic E-state index is 11.0. The highest BCUT2D eigenvalue weighted by atomic mass is 35.5. The lowest BCUT2D eigenvalue weighted by Crippen LogP contribution is -2.46. The average Bonchev–Trinajstić information content (AvgIpc) is 2.40. The standard InChI is InChI=1S/C9H6Cl6O2/c1-3(16)17-4-2-7(12)5(10)6(11)8(4,13)9(7,14)15/h4H,2H2,1H3/t4-,7+,8+/m1/s1. The van der Waals surface area contributed by atoms with E-state index in [0.29, 0.717) is 0 Å². The Kier molecular flexibility index (Phi) is 3.36.